The third-order valence-electron chi connectivity index (χ3n) is 6.64. The molecule has 3 rings (SSSR count). The van der Waals surface area contributed by atoms with Crippen LogP contribution >= 0.6 is 0 Å². The minimum atomic E-state index is -4.16. The lowest BCUT2D eigenvalue weighted by Crippen LogP contribution is -2.55. The normalized spacial score (nSPS) is 12.4. The summed E-state index contributed by atoms with van der Waals surface area (Å²) < 4.78 is 34.7. The van der Waals surface area contributed by atoms with Crippen LogP contribution in [0.4, 0.5) is 5.69 Å². The van der Waals surface area contributed by atoms with Crippen LogP contribution in [0.3, 0.4) is 0 Å². The summed E-state index contributed by atoms with van der Waals surface area (Å²) in [5, 5.41) is 2.99. The Kier molecular flexibility index (Phi) is 10.8. The first-order valence-electron chi connectivity index (χ1n) is 14.2. The maximum absolute atomic E-state index is 14.2. The van der Waals surface area contributed by atoms with E-state index < -0.39 is 34.1 Å². The van der Waals surface area contributed by atoms with E-state index in [0.29, 0.717) is 24.5 Å². The topological polar surface area (TPSA) is 96.0 Å². The molecule has 8 nitrogen and oxygen atoms in total. The van der Waals surface area contributed by atoms with E-state index in [4.69, 9.17) is 4.74 Å². The van der Waals surface area contributed by atoms with Crippen LogP contribution in [0.1, 0.15) is 57.7 Å². The molecule has 3 aromatic rings. The van der Waals surface area contributed by atoms with Gasteiger partial charge in [0.25, 0.3) is 10.0 Å². The van der Waals surface area contributed by atoms with Crippen molar-refractivity contribution < 1.29 is 22.7 Å². The number of ether oxygens (including phenoxy) is 1. The molecule has 0 spiro atoms. The molecule has 0 fully saturated rings. The molecule has 0 unspecified atom stereocenters. The summed E-state index contributed by atoms with van der Waals surface area (Å²) >= 11 is 0. The Hall–Kier alpha value is -3.85. The molecule has 9 heteroatoms. The fourth-order valence-corrected chi connectivity index (χ4v) is 6.04. The molecule has 0 bridgehead atoms. The van der Waals surface area contributed by atoms with E-state index in [1.807, 2.05) is 72.7 Å². The SMILES string of the molecule is CCOc1ccc(S(=O)(=O)N(CC(=O)N(Cc2cccc(C)c2)[C@@H](CC)C(=O)NC(C)(C)C)c2ccc(C)cc2)cc1. The Labute approximate surface area is 250 Å². The second-order valence-corrected chi connectivity index (χ2v) is 13.3. The number of carbonyl (C=O) groups is 2. The largest absolute Gasteiger partial charge is 0.494 e. The molecular weight excluding hydrogens is 550 g/mol. The lowest BCUT2D eigenvalue weighted by molar-refractivity contribution is -0.141. The lowest BCUT2D eigenvalue weighted by Gasteiger charge is -2.35. The zero-order valence-corrected chi connectivity index (χ0v) is 26.5. The number of nitrogens with one attached hydrogen (secondary N) is 1. The highest BCUT2D eigenvalue weighted by molar-refractivity contribution is 7.92. The monoisotopic (exact) mass is 593 g/mol. The van der Waals surface area contributed by atoms with Gasteiger partial charge in [0.15, 0.2) is 0 Å². The fourth-order valence-electron chi connectivity index (χ4n) is 4.62. The lowest BCUT2D eigenvalue weighted by atomic mass is 10.0. The molecule has 42 heavy (non-hydrogen) atoms. The van der Waals surface area contributed by atoms with Gasteiger partial charge < -0.3 is 15.0 Å². The fraction of sp³-hybridized carbons (Fsp3) is 0.394. The number of sulfonamides is 1. The summed E-state index contributed by atoms with van der Waals surface area (Å²) in [5.74, 6) is -0.223. The zero-order valence-electron chi connectivity index (χ0n) is 25.7. The Morgan fingerprint density at radius 2 is 1.55 bits per heavy atom. The molecule has 1 N–H and O–H groups in total. The number of hydrogen-bond donors (Lipinski definition) is 1. The predicted octanol–water partition coefficient (Wildman–Crippen LogP) is 5.62. The van der Waals surface area contributed by atoms with Crippen LogP contribution in [-0.4, -0.2) is 49.9 Å². The number of benzene rings is 3. The van der Waals surface area contributed by atoms with E-state index >= 15 is 0 Å². The van der Waals surface area contributed by atoms with Crippen LogP contribution in [-0.2, 0) is 26.2 Å². The van der Waals surface area contributed by atoms with Crippen molar-refractivity contribution in [3.05, 3.63) is 89.5 Å². The first-order chi connectivity index (χ1) is 19.7. The average Bonchev–Trinajstić information content (AvgIpc) is 2.91. The molecule has 2 amide bonds. The second kappa shape index (κ2) is 13.9. The van der Waals surface area contributed by atoms with E-state index in [0.717, 1.165) is 21.0 Å². The van der Waals surface area contributed by atoms with Gasteiger partial charge in [-0.2, -0.15) is 0 Å². The van der Waals surface area contributed by atoms with Gasteiger partial charge in [0, 0.05) is 12.1 Å². The maximum Gasteiger partial charge on any atom is 0.264 e. The first kappa shape index (κ1) is 32.7. The van der Waals surface area contributed by atoms with Gasteiger partial charge in [0.2, 0.25) is 11.8 Å². The van der Waals surface area contributed by atoms with Crippen LogP contribution in [0.5, 0.6) is 5.75 Å². The maximum atomic E-state index is 14.2. The van der Waals surface area contributed by atoms with Gasteiger partial charge in [0.1, 0.15) is 18.3 Å². The molecule has 0 saturated heterocycles. The van der Waals surface area contributed by atoms with E-state index in [1.165, 1.54) is 17.0 Å². The van der Waals surface area contributed by atoms with E-state index in [9.17, 15) is 18.0 Å². The van der Waals surface area contributed by atoms with E-state index in [1.54, 1.807) is 36.4 Å². The van der Waals surface area contributed by atoms with Gasteiger partial charge in [-0.15, -0.1) is 0 Å². The summed E-state index contributed by atoms with van der Waals surface area (Å²) in [6, 6.07) is 20.0. The number of rotatable bonds is 12. The number of amides is 2. The molecule has 0 aliphatic heterocycles. The number of carbonyl (C=O) groups excluding carboxylic acids is 2. The van der Waals surface area contributed by atoms with Gasteiger partial charge >= 0.3 is 0 Å². The molecule has 0 heterocycles. The number of anilines is 1. The molecule has 0 aliphatic carbocycles. The smallest absolute Gasteiger partial charge is 0.264 e. The summed E-state index contributed by atoms with van der Waals surface area (Å²) in [7, 11) is -4.16. The van der Waals surface area contributed by atoms with Crippen molar-refractivity contribution in [2.45, 2.75) is 77.9 Å². The molecule has 0 saturated carbocycles. The summed E-state index contributed by atoms with van der Waals surface area (Å²) in [6.45, 7) is 13.3. The third kappa shape index (κ3) is 8.58. The predicted molar refractivity (Wildman–Crippen MR) is 167 cm³/mol. The molecule has 226 valence electrons. The molecule has 0 radical (unpaired) electrons. The summed E-state index contributed by atoms with van der Waals surface area (Å²) in [6.07, 6.45) is 0.357. The van der Waals surface area contributed by atoms with Crippen LogP contribution in [0, 0.1) is 13.8 Å². The highest BCUT2D eigenvalue weighted by atomic mass is 32.2. The molecular formula is C33H43N3O5S. The van der Waals surface area contributed by atoms with Crippen LogP contribution in [0.2, 0.25) is 0 Å². The average molecular weight is 594 g/mol. The highest BCUT2D eigenvalue weighted by Gasteiger charge is 2.34. The summed E-state index contributed by atoms with van der Waals surface area (Å²) in [5.41, 5.74) is 2.67. The highest BCUT2D eigenvalue weighted by Crippen LogP contribution is 2.27. The van der Waals surface area contributed by atoms with Gasteiger partial charge in [-0.1, -0.05) is 54.4 Å². The Balaban J connectivity index is 2.06. The Morgan fingerprint density at radius 3 is 2.10 bits per heavy atom. The second-order valence-electron chi connectivity index (χ2n) is 11.4. The van der Waals surface area contributed by atoms with Gasteiger partial charge in [-0.25, -0.2) is 8.42 Å². The minimum absolute atomic E-state index is 0.0297. The van der Waals surface area contributed by atoms with Crippen molar-refractivity contribution >= 4 is 27.5 Å². The summed E-state index contributed by atoms with van der Waals surface area (Å²) in [4.78, 5) is 29.2. The van der Waals surface area contributed by atoms with E-state index in [2.05, 4.69) is 5.32 Å². The van der Waals surface area contributed by atoms with Crippen molar-refractivity contribution in [3.63, 3.8) is 0 Å². The van der Waals surface area contributed by atoms with Gasteiger partial charge in [-0.05, 0) is 89.9 Å². The molecule has 0 aliphatic rings. The van der Waals surface area contributed by atoms with Crippen molar-refractivity contribution in [2.24, 2.45) is 0 Å². The molecule has 0 aromatic heterocycles. The van der Waals surface area contributed by atoms with Gasteiger partial charge in [0.05, 0.1) is 17.2 Å². The van der Waals surface area contributed by atoms with Crippen molar-refractivity contribution in [2.75, 3.05) is 17.5 Å². The molecule has 1 atom stereocenters. The molecule has 3 aromatic carbocycles. The van der Waals surface area contributed by atoms with Crippen LogP contribution < -0.4 is 14.4 Å². The standard InChI is InChI=1S/C33H43N3O5S/c1-8-30(32(38)34-33(5,6)7)35(22-26-12-10-11-25(4)21-26)31(37)23-36(27-15-13-24(3)14-16-27)42(39,40)29-19-17-28(18-20-29)41-9-2/h10-21,30H,8-9,22-23H2,1-7H3,(H,34,38)/t30-/m0/s1. The van der Waals surface area contributed by atoms with Gasteiger partial charge in [-0.3, -0.25) is 13.9 Å². The van der Waals surface area contributed by atoms with Crippen molar-refractivity contribution in [3.8, 4) is 5.75 Å². The number of nitrogens with zero attached hydrogens (tertiary/aromatic N) is 2. The Morgan fingerprint density at radius 1 is 0.905 bits per heavy atom. The Bertz CT molecular complexity index is 1460. The number of hydrogen-bond acceptors (Lipinski definition) is 5. The number of aryl methyl sites for hydroxylation is 2. The third-order valence-corrected chi connectivity index (χ3v) is 8.43. The van der Waals surface area contributed by atoms with Crippen molar-refractivity contribution in [1.82, 2.24) is 10.2 Å². The van der Waals surface area contributed by atoms with Crippen LogP contribution in [0.25, 0.3) is 0 Å². The quantitative estimate of drug-likeness (QED) is 0.294. The van der Waals surface area contributed by atoms with Crippen LogP contribution in [0.15, 0.2) is 77.7 Å². The first-order valence-corrected chi connectivity index (χ1v) is 15.7. The van der Waals surface area contributed by atoms with Crippen molar-refractivity contribution in [1.29, 1.82) is 0 Å². The van der Waals surface area contributed by atoms with E-state index in [-0.39, 0.29) is 17.3 Å². The minimum Gasteiger partial charge on any atom is -0.494 e. The zero-order chi connectivity index (χ0) is 31.1.